The highest BCUT2D eigenvalue weighted by Gasteiger charge is 2.43. The zero-order chi connectivity index (χ0) is 29.3. The van der Waals surface area contributed by atoms with Crippen LogP contribution in [0.3, 0.4) is 0 Å². The number of aliphatic hydroxyl groups excluding tert-OH is 1. The summed E-state index contributed by atoms with van der Waals surface area (Å²) in [5, 5.41) is 10.3. The minimum Gasteiger partial charge on any atom is -0.449 e. The van der Waals surface area contributed by atoms with Crippen LogP contribution in [0.1, 0.15) is 72.8 Å². The highest BCUT2D eigenvalue weighted by atomic mass is 19.4. The SMILES string of the molecule is CCC[C@@H]1C[C@@H]([C@@H](CO)c2cc(C(F)(F)F)cc(C(F)(F)F)c2)c2cc(C(F)(F)F)ccc2N1C(=O)OCC. The predicted octanol–water partition coefficient (Wildman–Crippen LogP) is 8.14. The van der Waals surface area contributed by atoms with Gasteiger partial charge in [-0.2, -0.15) is 39.5 Å². The Morgan fingerprint density at radius 2 is 1.49 bits per heavy atom. The van der Waals surface area contributed by atoms with Crippen molar-refractivity contribution in [2.45, 2.75) is 69.5 Å². The lowest BCUT2D eigenvalue weighted by Crippen LogP contribution is -2.46. The molecular weight excluding hydrogens is 545 g/mol. The standard InChI is InChI=1S/C26H26F9NO3/c1-3-5-18-12-19(20-11-15(24(27,28)29)6-7-22(20)36(18)23(38)39-4-2)21(13-37)14-8-16(25(30,31)32)10-17(9-14)26(33,34)35/h6-11,18-19,21,37H,3-5,12-13H2,1-2H3/t18-,19-,21+/m1/s1. The van der Waals surface area contributed by atoms with E-state index in [1.54, 1.807) is 6.92 Å². The van der Waals surface area contributed by atoms with E-state index in [-0.39, 0.29) is 30.3 Å². The molecule has 0 spiro atoms. The molecule has 3 rings (SSSR count). The molecule has 216 valence electrons. The molecule has 39 heavy (non-hydrogen) atoms. The van der Waals surface area contributed by atoms with E-state index in [1.165, 1.54) is 11.8 Å². The van der Waals surface area contributed by atoms with Gasteiger partial charge in [0.1, 0.15) is 0 Å². The Kier molecular flexibility index (Phi) is 8.83. The smallest absolute Gasteiger partial charge is 0.416 e. The van der Waals surface area contributed by atoms with E-state index >= 15 is 0 Å². The van der Waals surface area contributed by atoms with Crippen molar-refractivity contribution in [1.82, 2.24) is 0 Å². The van der Waals surface area contributed by atoms with Crippen molar-refractivity contribution in [3.8, 4) is 0 Å². The summed E-state index contributed by atoms with van der Waals surface area (Å²) in [4.78, 5) is 14.0. The summed E-state index contributed by atoms with van der Waals surface area (Å²) in [7, 11) is 0. The first-order valence-electron chi connectivity index (χ1n) is 12.1. The summed E-state index contributed by atoms with van der Waals surface area (Å²) in [5.74, 6) is -2.60. The molecule has 0 aliphatic carbocycles. The second-order valence-corrected chi connectivity index (χ2v) is 9.25. The number of nitrogens with zero attached hydrogens (tertiary/aromatic N) is 1. The second kappa shape index (κ2) is 11.3. The molecule has 0 bridgehead atoms. The van der Waals surface area contributed by atoms with Crippen LogP contribution in [0, 0.1) is 0 Å². The van der Waals surface area contributed by atoms with Gasteiger partial charge in [0.2, 0.25) is 0 Å². The number of benzene rings is 2. The lowest BCUT2D eigenvalue weighted by atomic mass is 9.73. The Bertz CT molecular complexity index is 1140. The number of ether oxygens (including phenoxy) is 1. The van der Waals surface area contributed by atoms with E-state index < -0.39 is 71.4 Å². The van der Waals surface area contributed by atoms with Crippen LogP contribution in [0.5, 0.6) is 0 Å². The second-order valence-electron chi connectivity index (χ2n) is 9.25. The van der Waals surface area contributed by atoms with Crippen molar-refractivity contribution in [2.75, 3.05) is 18.1 Å². The van der Waals surface area contributed by atoms with Crippen molar-refractivity contribution in [2.24, 2.45) is 0 Å². The van der Waals surface area contributed by atoms with Gasteiger partial charge in [0, 0.05) is 12.0 Å². The number of fused-ring (bicyclic) bond motifs is 1. The molecule has 1 aliphatic heterocycles. The van der Waals surface area contributed by atoms with Gasteiger partial charge in [-0.15, -0.1) is 0 Å². The van der Waals surface area contributed by atoms with Crippen LogP contribution in [-0.2, 0) is 23.3 Å². The monoisotopic (exact) mass is 571 g/mol. The summed E-state index contributed by atoms with van der Waals surface area (Å²) in [6.07, 6.45) is -15.3. The Balaban J connectivity index is 2.28. The maximum atomic E-state index is 13.6. The van der Waals surface area contributed by atoms with Crippen molar-refractivity contribution in [3.05, 3.63) is 64.2 Å². The molecule has 13 heteroatoms. The number of anilines is 1. The molecule has 0 radical (unpaired) electrons. The molecule has 1 N–H and O–H groups in total. The fraction of sp³-hybridized carbons (Fsp3) is 0.500. The number of carbonyl (C=O) groups excluding carboxylic acids is 1. The quantitative estimate of drug-likeness (QED) is 0.356. The summed E-state index contributed by atoms with van der Waals surface area (Å²) >= 11 is 0. The predicted molar refractivity (Wildman–Crippen MR) is 123 cm³/mol. The topological polar surface area (TPSA) is 49.8 Å². The normalized spacial score (nSPS) is 19.0. The maximum absolute atomic E-state index is 13.6. The van der Waals surface area contributed by atoms with E-state index in [9.17, 15) is 49.4 Å². The van der Waals surface area contributed by atoms with Gasteiger partial charge in [0.25, 0.3) is 0 Å². The average Bonchev–Trinajstić information content (AvgIpc) is 2.82. The molecule has 0 aromatic heterocycles. The van der Waals surface area contributed by atoms with E-state index in [4.69, 9.17) is 4.74 Å². The lowest BCUT2D eigenvalue weighted by Gasteiger charge is -2.43. The number of alkyl halides is 9. The van der Waals surface area contributed by atoms with Crippen LogP contribution >= 0.6 is 0 Å². The Morgan fingerprint density at radius 1 is 0.923 bits per heavy atom. The highest BCUT2D eigenvalue weighted by molar-refractivity contribution is 5.90. The number of aliphatic hydroxyl groups is 1. The van der Waals surface area contributed by atoms with Gasteiger partial charge in [-0.1, -0.05) is 13.3 Å². The van der Waals surface area contributed by atoms with Crippen molar-refractivity contribution < 1.29 is 54.2 Å². The van der Waals surface area contributed by atoms with E-state index in [1.807, 2.05) is 0 Å². The largest absolute Gasteiger partial charge is 0.449 e. The van der Waals surface area contributed by atoms with Gasteiger partial charge in [-0.3, -0.25) is 4.90 Å². The van der Waals surface area contributed by atoms with Gasteiger partial charge in [0.05, 0.1) is 35.6 Å². The molecule has 1 heterocycles. The zero-order valence-electron chi connectivity index (χ0n) is 20.8. The molecule has 1 amide bonds. The van der Waals surface area contributed by atoms with E-state index in [0.717, 1.165) is 18.2 Å². The third-order valence-electron chi connectivity index (χ3n) is 6.71. The number of hydrogen-bond acceptors (Lipinski definition) is 3. The van der Waals surface area contributed by atoms with Crippen LogP contribution in [0.15, 0.2) is 36.4 Å². The first kappa shape index (κ1) is 30.6. The van der Waals surface area contributed by atoms with Crippen molar-refractivity contribution in [1.29, 1.82) is 0 Å². The number of rotatable bonds is 6. The first-order valence-corrected chi connectivity index (χ1v) is 12.1. The summed E-state index contributed by atoms with van der Waals surface area (Å²) in [5.41, 5.74) is -5.03. The van der Waals surface area contributed by atoms with Gasteiger partial charge >= 0.3 is 24.6 Å². The minimum atomic E-state index is -5.16. The molecule has 1 aliphatic rings. The fourth-order valence-electron chi connectivity index (χ4n) is 5.03. The molecule has 0 saturated carbocycles. The molecule has 2 aromatic carbocycles. The first-order chi connectivity index (χ1) is 18.0. The summed E-state index contributed by atoms with van der Waals surface area (Å²) < 4.78 is 127. The molecule has 2 aromatic rings. The molecule has 4 nitrogen and oxygen atoms in total. The number of halogens is 9. The lowest BCUT2D eigenvalue weighted by molar-refractivity contribution is -0.143. The van der Waals surface area contributed by atoms with Gasteiger partial charge in [0.15, 0.2) is 0 Å². The molecule has 3 atom stereocenters. The summed E-state index contributed by atoms with van der Waals surface area (Å²) in [6, 6.07) is 2.66. The van der Waals surface area contributed by atoms with Crippen LogP contribution in [0.4, 0.5) is 50.0 Å². The van der Waals surface area contributed by atoms with Gasteiger partial charge in [-0.25, -0.2) is 4.79 Å². The molecule has 0 unspecified atom stereocenters. The Hall–Kier alpha value is -2.96. The maximum Gasteiger partial charge on any atom is 0.416 e. The van der Waals surface area contributed by atoms with Crippen LogP contribution < -0.4 is 4.90 Å². The summed E-state index contributed by atoms with van der Waals surface area (Å²) in [6.45, 7) is 2.29. The molecule has 0 fully saturated rings. The van der Waals surface area contributed by atoms with Gasteiger partial charge in [-0.05, 0) is 73.2 Å². The van der Waals surface area contributed by atoms with Crippen LogP contribution in [-0.4, -0.2) is 30.5 Å². The van der Waals surface area contributed by atoms with Crippen molar-refractivity contribution in [3.63, 3.8) is 0 Å². The molecule has 0 saturated heterocycles. The minimum absolute atomic E-state index is 0.0161. The van der Waals surface area contributed by atoms with E-state index in [2.05, 4.69) is 0 Å². The van der Waals surface area contributed by atoms with Crippen LogP contribution in [0.25, 0.3) is 0 Å². The number of carbonyl (C=O) groups is 1. The average molecular weight is 571 g/mol. The zero-order valence-corrected chi connectivity index (χ0v) is 20.8. The fourth-order valence-corrected chi connectivity index (χ4v) is 5.03. The Morgan fingerprint density at radius 3 is 1.95 bits per heavy atom. The third-order valence-corrected chi connectivity index (χ3v) is 6.71. The van der Waals surface area contributed by atoms with Crippen molar-refractivity contribution >= 4 is 11.8 Å². The number of amides is 1. The van der Waals surface area contributed by atoms with Crippen LogP contribution in [0.2, 0.25) is 0 Å². The molecular formula is C26H26F9NO3. The van der Waals surface area contributed by atoms with Gasteiger partial charge < -0.3 is 9.84 Å². The van der Waals surface area contributed by atoms with E-state index in [0.29, 0.717) is 25.0 Å². The third kappa shape index (κ3) is 6.62. The number of hydrogen-bond donors (Lipinski definition) is 1. The highest BCUT2D eigenvalue weighted by Crippen LogP contribution is 2.49. The Labute approximate surface area is 218 Å².